The van der Waals surface area contributed by atoms with Crippen molar-refractivity contribution < 1.29 is 4.42 Å². The van der Waals surface area contributed by atoms with Crippen molar-refractivity contribution in [1.82, 2.24) is 4.98 Å². The SMILES string of the molecule is CC(Br)c1ccc(-c2ccoc2)cn1. The predicted octanol–water partition coefficient (Wildman–Crippen LogP) is 3.80. The van der Waals surface area contributed by atoms with E-state index in [0.717, 1.165) is 16.8 Å². The molecule has 0 spiro atoms. The molecule has 2 heterocycles. The molecule has 3 heteroatoms. The van der Waals surface area contributed by atoms with E-state index in [1.165, 1.54) is 0 Å². The van der Waals surface area contributed by atoms with Crippen molar-refractivity contribution >= 4 is 15.9 Å². The highest BCUT2D eigenvalue weighted by Gasteiger charge is 2.03. The molecule has 1 atom stereocenters. The molecule has 0 aliphatic heterocycles. The van der Waals surface area contributed by atoms with Crippen molar-refractivity contribution in [2.75, 3.05) is 0 Å². The van der Waals surface area contributed by atoms with Crippen molar-refractivity contribution in [2.24, 2.45) is 0 Å². The molecule has 0 amide bonds. The lowest BCUT2D eigenvalue weighted by molar-refractivity contribution is 0.568. The average molecular weight is 252 g/mol. The van der Waals surface area contributed by atoms with Crippen molar-refractivity contribution in [2.45, 2.75) is 11.8 Å². The summed E-state index contributed by atoms with van der Waals surface area (Å²) in [5.41, 5.74) is 3.18. The van der Waals surface area contributed by atoms with Gasteiger partial charge in [-0.05, 0) is 19.1 Å². The lowest BCUT2D eigenvalue weighted by Crippen LogP contribution is -1.88. The van der Waals surface area contributed by atoms with Gasteiger partial charge in [-0.15, -0.1) is 0 Å². The molecule has 2 rings (SSSR count). The predicted molar refractivity (Wildman–Crippen MR) is 59.3 cm³/mol. The third kappa shape index (κ3) is 1.87. The molecule has 0 saturated carbocycles. The Morgan fingerprint density at radius 3 is 2.64 bits per heavy atom. The van der Waals surface area contributed by atoms with Crippen molar-refractivity contribution in [3.8, 4) is 11.1 Å². The number of rotatable bonds is 2. The highest BCUT2D eigenvalue weighted by Crippen LogP contribution is 2.23. The zero-order valence-electron chi connectivity index (χ0n) is 7.77. The van der Waals surface area contributed by atoms with Gasteiger partial charge in [-0.3, -0.25) is 4.98 Å². The van der Waals surface area contributed by atoms with Gasteiger partial charge in [-0.2, -0.15) is 0 Å². The van der Waals surface area contributed by atoms with Crippen LogP contribution in [0, 0.1) is 0 Å². The van der Waals surface area contributed by atoms with Crippen molar-refractivity contribution in [1.29, 1.82) is 0 Å². The summed E-state index contributed by atoms with van der Waals surface area (Å²) in [7, 11) is 0. The first-order valence-electron chi connectivity index (χ1n) is 4.40. The van der Waals surface area contributed by atoms with Crippen LogP contribution in [-0.4, -0.2) is 4.98 Å². The summed E-state index contributed by atoms with van der Waals surface area (Å²) in [5, 5.41) is 0. The van der Waals surface area contributed by atoms with Crippen molar-refractivity contribution in [3.63, 3.8) is 0 Å². The average Bonchev–Trinajstić information content (AvgIpc) is 2.71. The van der Waals surface area contributed by atoms with Gasteiger partial charge in [-0.1, -0.05) is 22.0 Å². The van der Waals surface area contributed by atoms with Crippen molar-refractivity contribution in [3.05, 3.63) is 42.6 Å². The minimum Gasteiger partial charge on any atom is -0.472 e. The molecule has 2 aromatic rings. The fourth-order valence-electron chi connectivity index (χ4n) is 1.24. The molecule has 0 aromatic carbocycles. The van der Waals surface area contributed by atoms with Gasteiger partial charge in [0.1, 0.15) is 0 Å². The van der Waals surface area contributed by atoms with Crippen LogP contribution in [0.25, 0.3) is 11.1 Å². The summed E-state index contributed by atoms with van der Waals surface area (Å²) in [5.74, 6) is 0. The van der Waals surface area contributed by atoms with E-state index in [1.54, 1.807) is 12.5 Å². The van der Waals surface area contributed by atoms with E-state index in [0.29, 0.717) is 4.83 Å². The van der Waals surface area contributed by atoms with Gasteiger partial charge in [-0.25, -0.2) is 0 Å². The third-order valence-corrected chi connectivity index (χ3v) is 2.52. The standard InChI is InChI=1S/C11H10BrNO/c1-8(12)11-3-2-9(6-13-11)10-4-5-14-7-10/h2-8H,1H3. The van der Waals surface area contributed by atoms with Crippen LogP contribution in [-0.2, 0) is 0 Å². The first kappa shape index (κ1) is 9.46. The molecule has 0 aliphatic rings. The molecule has 0 N–H and O–H groups in total. The Kier molecular flexibility index (Phi) is 2.68. The van der Waals surface area contributed by atoms with Gasteiger partial charge >= 0.3 is 0 Å². The zero-order chi connectivity index (χ0) is 9.97. The second-order valence-corrected chi connectivity index (χ2v) is 4.47. The third-order valence-electron chi connectivity index (χ3n) is 2.05. The lowest BCUT2D eigenvalue weighted by Gasteiger charge is -2.02. The second-order valence-electron chi connectivity index (χ2n) is 3.10. The molecule has 2 aromatic heterocycles. The molecule has 2 nitrogen and oxygen atoms in total. The number of nitrogens with zero attached hydrogens (tertiary/aromatic N) is 1. The Balaban J connectivity index is 2.31. The molecule has 72 valence electrons. The quantitative estimate of drug-likeness (QED) is 0.760. The zero-order valence-corrected chi connectivity index (χ0v) is 9.36. The Hall–Kier alpha value is -1.09. The maximum absolute atomic E-state index is 5.01. The summed E-state index contributed by atoms with van der Waals surface area (Å²) in [6, 6.07) is 5.99. The number of furan rings is 1. The van der Waals surface area contributed by atoms with Gasteiger partial charge in [0.2, 0.25) is 0 Å². The summed E-state index contributed by atoms with van der Waals surface area (Å²) in [6.07, 6.45) is 5.24. The highest BCUT2D eigenvalue weighted by molar-refractivity contribution is 9.09. The number of hydrogen-bond acceptors (Lipinski definition) is 2. The minimum atomic E-state index is 0.292. The van der Waals surface area contributed by atoms with E-state index in [2.05, 4.69) is 27.8 Å². The Bertz CT molecular complexity index is 392. The number of halogens is 1. The first-order chi connectivity index (χ1) is 6.77. The van der Waals surface area contributed by atoms with E-state index in [4.69, 9.17) is 4.42 Å². The molecule has 0 radical (unpaired) electrons. The van der Waals surface area contributed by atoms with E-state index >= 15 is 0 Å². The summed E-state index contributed by atoms with van der Waals surface area (Å²) >= 11 is 3.47. The number of alkyl halides is 1. The van der Waals surface area contributed by atoms with Gasteiger partial charge in [0.15, 0.2) is 0 Å². The van der Waals surface area contributed by atoms with Crippen LogP contribution in [0.15, 0.2) is 41.3 Å². The smallest absolute Gasteiger partial charge is 0.0981 e. The number of aromatic nitrogens is 1. The fraction of sp³-hybridized carbons (Fsp3) is 0.182. The topological polar surface area (TPSA) is 26.0 Å². The number of pyridine rings is 1. The van der Waals surface area contributed by atoms with Crippen LogP contribution in [0.2, 0.25) is 0 Å². The lowest BCUT2D eigenvalue weighted by atomic mass is 10.1. The minimum absolute atomic E-state index is 0.292. The summed E-state index contributed by atoms with van der Waals surface area (Å²) < 4.78 is 5.01. The van der Waals surface area contributed by atoms with E-state index < -0.39 is 0 Å². The van der Waals surface area contributed by atoms with E-state index in [1.807, 2.05) is 24.4 Å². The molecule has 0 fully saturated rings. The highest BCUT2D eigenvalue weighted by atomic mass is 79.9. The van der Waals surface area contributed by atoms with Crippen LogP contribution in [0.3, 0.4) is 0 Å². The first-order valence-corrected chi connectivity index (χ1v) is 5.31. The molecular formula is C11H10BrNO. The Labute approximate surface area is 91.1 Å². The molecule has 0 bridgehead atoms. The van der Waals surface area contributed by atoms with Crippen LogP contribution < -0.4 is 0 Å². The van der Waals surface area contributed by atoms with Gasteiger partial charge < -0.3 is 4.42 Å². The van der Waals surface area contributed by atoms with Crippen LogP contribution in [0.5, 0.6) is 0 Å². The number of hydrogen-bond donors (Lipinski definition) is 0. The van der Waals surface area contributed by atoms with Gasteiger partial charge in [0.25, 0.3) is 0 Å². The Morgan fingerprint density at radius 1 is 1.29 bits per heavy atom. The maximum atomic E-state index is 5.01. The summed E-state index contributed by atoms with van der Waals surface area (Å²) in [4.78, 5) is 4.64. The van der Waals surface area contributed by atoms with Crippen LogP contribution >= 0.6 is 15.9 Å². The molecule has 14 heavy (non-hydrogen) atoms. The Morgan fingerprint density at radius 2 is 2.14 bits per heavy atom. The van der Waals surface area contributed by atoms with Crippen LogP contribution in [0.4, 0.5) is 0 Å². The van der Waals surface area contributed by atoms with Gasteiger partial charge in [0, 0.05) is 17.3 Å². The summed E-state index contributed by atoms with van der Waals surface area (Å²) in [6.45, 7) is 2.06. The van der Waals surface area contributed by atoms with E-state index in [9.17, 15) is 0 Å². The monoisotopic (exact) mass is 251 g/mol. The van der Waals surface area contributed by atoms with Gasteiger partial charge in [0.05, 0.1) is 23.0 Å². The second kappa shape index (κ2) is 3.96. The molecule has 0 aliphatic carbocycles. The largest absolute Gasteiger partial charge is 0.472 e. The van der Waals surface area contributed by atoms with E-state index in [-0.39, 0.29) is 0 Å². The maximum Gasteiger partial charge on any atom is 0.0981 e. The molecular weight excluding hydrogens is 242 g/mol. The van der Waals surface area contributed by atoms with Crippen LogP contribution in [0.1, 0.15) is 17.4 Å². The normalized spacial score (nSPS) is 12.7. The molecule has 0 saturated heterocycles. The fourth-order valence-corrected chi connectivity index (χ4v) is 1.51. The molecule has 1 unspecified atom stereocenters.